The van der Waals surface area contributed by atoms with E-state index in [1.807, 2.05) is 13.0 Å². The summed E-state index contributed by atoms with van der Waals surface area (Å²) in [5.74, 6) is 0. The molecule has 0 spiro atoms. The molecular formula is C16H23ClN2O3. The van der Waals surface area contributed by atoms with Gasteiger partial charge in [0.2, 0.25) is 0 Å². The predicted molar refractivity (Wildman–Crippen MR) is 87.4 cm³/mol. The minimum atomic E-state index is -0.248. The van der Waals surface area contributed by atoms with Crippen LogP contribution in [0.25, 0.3) is 0 Å². The smallest absolute Gasteiger partial charge is 0.319 e. The van der Waals surface area contributed by atoms with Gasteiger partial charge in [0.1, 0.15) is 0 Å². The lowest BCUT2D eigenvalue weighted by atomic mass is 10.1. The van der Waals surface area contributed by atoms with Crippen LogP contribution in [-0.4, -0.2) is 31.9 Å². The normalized spacial score (nSPS) is 19.0. The Morgan fingerprint density at radius 3 is 3.00 bits per heavy atom. The van der Waals surface area contributed by atoms with Gasteiger partial charge in [0.15, 0.2) is 0 Å². The minimum absolute atomic E-state index is 0.0209. The average Bonchev–Trinajstić information content (AvgIpc) is 3.02. The molecule has 122 valence electrons. The summed E-state index contributed by atoms with van der Waals surface area (Å²) in [5.41, 5.74) is 1.43. The molecule has 0 saturated carbocycles. The van der Waals surface area contributed by atoms with Crippen LogP contribution in [-0.2, 0) is 16.1 Å². The van der Waals surface area contributed by atoms with Gasteiger partial charge in [-0.1, -0.05) is 24.6 Å². The highest BCUT2D eigenvalue weighted by atomic mass is 35.5. The van der Waals surface area contributed by atoms with E-state index in [-0.39, 0.29) is 18.2 Å². The average molecular weight is 327 g/mol. The van der Waals surface area contributed by atoms with E-state index >= 15 is 0 Å². The van der Waals surface area contributed by atoms with Crippen LogP contribution in [0.15, 0.2) is 18.2 Å². The summed E-state index contributed by atoms with van der Waals surface area (Å²) in [6, 6.07) is 5.16. The summed E-state index contributed by atoms with van der Waals surface area (Å²) in [6.45, 7) is 3.16. The van der Waals surface area contributed by atoms with Crippen molar-refractivity contribution in [3.05, 3.63) is 28.8 Å². The summed E-state index contributed by atoms with van der Waals surface area (Å²) in [4.78, 5) is 12.2. The van der Waals surface area contributed by atoms with E-state index in [9.17, 15) is 4.79 Å². The highest BCUT2D eigenvalue weighted by Gasteiger charge is 2.26. The molecule has 1 heterocycles. The third kappa shape index (κ3) is 4.35. The third-order valence-corrected chi connectivity index (χ3v) is 4.18. The van der Waals surface area contributed by atoms with Crippen molar-refractivity contribution in [2.75, 3.05) is 19.0 Å². The molecule has 2 rings (SSSR count). The van der Waals surface area contributed by atoms with Crippen LogP contribution in [0.3, 0.4) is 0 Å². The Bertz CT molecular complexity index is 504. The molecule has 0 aliphatic carbocycles. The van der Waals surface area contributed by atoms with Gasteiger partial charge < -0.3 is 20.1 Å². The van der Waals surface area contributed by atoms with Gasteiger partial charge in [-0.3, -0.25) is 0 Å². The van der Waals surface area contributed by atoms with E-state index in [0.29, 0.717) is 17.3 Å². The molecule has 2 N–H and O–H groups in total. The van der Waals surface area contributed by atoms with Crippen LogP contribution < -0.4 is 10.6 Å². The van der Waals surface area contributed by atoms with Gasteiger partial charge in [-0.2, -0.15) is 0 Å². The van der Waals surface area contributed by atoms with Crippen LogP contribution in [0, 0.1) is 0 Å². The SMILES string of the molecule is CC[C@@H](NC(=O)Nc1cccc(Cl)c1COC)[C@@H]1CCCO1. The number of hydrogen-bond donors (Lipinski definition) is 2. The number of carbonyl (C=O) groups is 1. The Labute approximate surface area is 136 Å². The number of urea groups is 1. The number of halogens is 1. The molecule has 5 nitrogen and oxygen atoms in total. The third-order valence-electron chi connectivity index (χ3n) is 3.83. The lowest BCUT2D eigenvalue weighted by molar-refractivity contribution is 0.0804. The van der Waals surface area contributed by atoms with E-state index in [1.165, 1.54) is 0 Å². The van der Waals surface area contributed by atoms with Crippen molar-refractivity contribution in [2.45, 2.75) is 44.9 Å². The molecule has 0 aromatic heterocycles. The number of hydrogen-bond acceptors (Lipinski definition) is 3. The van der Waals surface area contributed by atoms with Crippen molar-refractivity contribution in [3.63, 3.8) is 0 Å². The zero-order valence-corrected chi connectivity index (χ0v) is 13.8. The summed E-state index contributed by atoms with van der Waals surface area (Å²) in [7, 11) is 1.59. The second-order valence-electron chi connectivity index (χ2n) is 5.36. The number of ether oxygens (including phenoxy) is 2. The molecule has 2 amide bonds. The molecule has 22 heavy (non-hydrogen) atoms. The lowest BCUT2D eigenvalue weighted by Crippen LogP contribution is -2.44. The molecule has 2 atom stereocenters. The Kier molecular flexibility index (Phi) is 6.49. The molecule has 1 aromatic rings. The zero-order chi connectivity index (χ0) is 15.9. The van der Waals surface area contributed by atoms with E-state index < -0.39 is 0 Å². The van der Waals surface area contributed by atoms with Gasteiger partial charge in [0.25, 0.3) is 0 Å². The standard InChI is InChI=1S/C16H23ClN2O3/c1-3-13(15-8-5-9-22-15)18-16(20)19-14-7-4-6-12(17)11(14)10-21-2/h4,6-7,13,15H,3,5,8-10H2,1-2H3,(H2,18,19,20)/t13-,15+/m1/s1. The molecule has 1 saturated heterocycles. The molecule has 1 aliphatic heterocycles. The van der Waals surface area contributed by atoms with E-state index in [2.05, 4.69) is 10.6 Å². The highest BCUT2D eigenvalue weighted by molar-refractivity contribution is 6.31. The Balaban J connectivity index is 2.00. The Morgan fingerprint density at radius 1 is 1.55 bits per heavy atom. The fourth-order valence-electron chi connectivity index (χ4n) is 2.67. The molecule has 6 heteroatoms. The summed E-state index contributed by atoms with van der Waals surface area (Å²) >= 11 is 6.16. The van der Waals surface area contributed by atoms with Gasteiger partial charge in [-0.15, -0.1) is 0 Å². The number of rotatable bonds is 6. The summed E-state index contributed by atoms with van der Waals surface area (Å²) < 4.78 is 10.8. The van der Waals surface area contributed by atoms with Crippen molar-refractivity contribution in [3.8, 4) is 0 Å². The van der Waals surface area contributed by atoms with Crippen molar-refractivity contribution in [1.29, 1.82) is 0 Å². The van der Waals surface area contributed by atoms with Gasteiger partial charge >= 0.3 is 6.03 Å². The maximum absolute atomic E-state index is 12.2. The lowest BCUT2D eigenvalue weighted by Gasteiger charge is -2.23. The Morgan fingerprint density at radius 2 is 2.36 bits per heavy atom. The van der Waals surface area contributed by atoms with Gasteiger partial charge in [-0.05, 0) is 31.4 Å². The van der Waals surface area contributed by atoms with Crippen LogP contribution in [0.2, 0.25) is 5.02 Å². The predicted octanol–water partition coefficient (Wildman–Crippen LogP) is 3.57. The van der Waals surface area contributed by atoms with Gasteiger partial charge in [-0.25, -0.2) is 4.79 Å². The van der Waals surface area contributed by atoms with Crippen LogP contribution >= 0.6 is 11.6 Å². The molecule has 0 unspecified atom stereocenters. The first-order valence-electron chi connectivity index (χ1n) is 7.61. The second-order valence-corrected chi connectivity index (χ2v) is 5.77. The number of methoxy groups -OCH3 is 1. The Hall–Kier alpha value is -1.30. The molecular weight excluding hydrogens is 304 g/mol. The largest absolute Gasteiger partial charge is 0.380 e. The zero-order valence-electron chi connectivity index (χ0n) is 13.0. The number of carbonyl (C=O) groups excluding carboxylic acids is 1. The number of amides is 2. The quantitative estimate of drug-likeness (QED) is 0.840. The number of nitrogens with one attached hydrogen (secondary N) is 2. The van der Waals surface area contributed by atoms with Crippen molar-refractivity contribution >= 4 is 23.3 Å². The molecule has 1 aliphatic rings. The first kappa shape index (κ1) is 17.1. The maximum Gasteiger partial charge on any atom is 0.319 e. The first-order valence-corrected chi connectivity index (χ1v) is 7.99. The molecule has 0 bridgehead atoms. The fourth-order valence-corrected chi connectivity index (χ4v) is 2.90. The van der Waals surface area contributed by atoms with E-state index in [0.717, 1.165) is 31.4 Å². The molecule has 0 radical (unpaired) electrons. The molecule has 1 aromatic carbocycles. The highest BCUT2D eigenvalue weighted by Crippen LogP contribution is 2.25. The second kappa shape index (κ2) is 8.36. The number of benzene rings is 1. The van der Waals surface area contributed by atoms with Crippen LogP contribution in [0.5, 0.6) is 0 Å². The fraction of sp³-hybridized carbons (Fsp3) is 0.562. The van der Waals surface area contributed by atoms with Crippen molar-refractivity contribution in [2.24, 2.45) is 0 Å². The summed E-state index contributed by atoms with van der Waals surface area (Å²) in [5, 5.41) is 6.42. The first-order chi connectivity index (χ1) is 10.7. The minimum Gasteiger partial charge on any atom is -0.380 e. The van der Waals surface area contributed by atoms with Crippen molar-refractivity contribution in [1.82, 2.24) is 5.32 Å². The topological polar surface area (TPSA) is 59.6 Å². The van der Waals surface area contributed by atoms with Crippen LogP contribution in [0.4, 0.5) is 10.5 Å². The van der Waals surface area contributed by atoms with Gasteiger partial charge in [0, 0.05) is 30.0 Å². The van der Waals surface area contributed by atoms with Crippen molar-refractivity contribution < 1.29 is 14.3 Å². The van der Waals surface area contributed by atoms with Crippen LogP contribution in [0.1, 0.15) is 31.7 Å². The monoisotopic (exact) mass is 326 g/mol. The van der Waals surface area contributed by atoms with E-state index in [4.69, 9.17) is 21.1 Å². The maximum atomic E-state index is 12.2. The van der Waals surface area contributed by atoms with Gasteiger partial charge in [0.05, 0.1) is 18.8 Å². The number of anilines is 1. The molecule has 1 fully saturated rings. The van der Waals surface area contributed by atoms with E-state index in [1.54, 1.807) is 19.2 Å². The summed E-state index contributed by atoms with van der Waals surface area (Å²) in [6.07, 6.45) is 2.98.